The SMILES string of the molecule is CC(C)(C)N.CC1=CC(C(=O)O)=NCN1C(C)c1ccc(OCC(F)(F)F)nc1.CCCCCN. The minimum Gasteiger partial charge on any atom is -0.477 e. The first-order chi connectivity index (χ1) is 16.1. The van der Waals surface area contributed by atoms with Crippen LogP contribution in [0.1, 0.15) is 72.4 Å². The fraction of sp³-hybridized carbons (Fsp3) is 0.625. The molecule has 0 saturated heterocycles. The van der Waals surface area contributed by atoms with E-state index in [1.807, 2.05) is 32.6 Å². The molecule has 35 heavy (non-hydrogen) atoms. The van der Waals surface area contributed by atoms with Gasteiger partial charge in [-0.25, -0.2) is 9.78 Å². The molecule has 8 nitrogen and oxygen atoms in total. The summed E-state index contributed by atoms with van der Waals surface area (Å²) < 4.78 is 40.9. The topological polar surface area (TPSA) is 127 Å². The van der Waals surface area contributed by atoms with Gasteiger partial charge in [0, 0.05) is 23.5 Å². The number of unbranched alkanes of at least 4 members (excludes halogenated alkanes) is 2. The summed E-state index contributed by atoms with van der Waals surface area (Å²) in [5, 5.41) is 8.94. The van der Waals surface area contributed by atoms with Crippen molar-refractivity contribution in [2.45, 2.75) is 78.6 Å². The first kappa shape index (κ1) is 32.3. The second-order valence-electron chi connectivity index (χ2n) is 9.12. The lowest BCUT2D eigenvalue weighted by Crippen LogP contribution is -2.31. The molecule has 0 aliphatic carbocycles. The van der Waals surface area contributed by atoms with E-state index in [-0.39, 0.29) is 29.8 Å². The Morgan fingerprint density at radius 1 is 1.26 bits per heavy atom. The highest BCUT2D eigenvalue weighted by molar-refractivity contribution is 6.40. The number of hydrogen-bond donors (Lipinski definition) is 3. The maximum Gasteiger partial charge on any atom is 0.422 e. The molecule has 0 fully saturated rings. The molecule has 0 radical (unpaired) electrons. The maximum absolute atomic E-state index is 12.1. The molecule has 0 saturated carbocycles. The maximum atomic E-state index is 12.1. The van der Waals surface area contributed by atoms with E-state index >= 15 is 0 Å². The van der Waals surface area contributed by atoms with Crippen LogP contribution in [0.3, 0.4) is 0 Å². The summed E-state index contributed by atoms with van der Waals surface area (Å²) in [4.78, 5) is 20.6. The molecule has 5 N–H and O–H groups in total. The average Bonchev–Trinajstić information content (AvgIpc) is 2.75. The van der Waals surface area contributed by atoms with Crippen molar-refractivity contribution < 1.29 is 27.8 Å². The van der Waals surface area contributed by atoms with Crippen molar-refractivity contribution in [2.75, 3.05) is 19.8 Å². The van der Waals surface area contributed by atoms with Crippen molar-refractivity contribution in [2.24, 2.45) is 16.5 Å². The van der Waals surface area contributed by atoms with Gasteiger partial charge in [-0.2, -0.15) is 13.2 Å². The quantitative estimate of drug-likeness (QED) is 0.440. The number of carbonyl (C=O) groups is 1. The molecule has 1 unspecified atom stereocenters. The summed E-state index contributed by atoms with van der Waals surface area (Å²) in [5.74, 6) is -1.20. The third-order valence-corrected chi connectivity index (χ3v) is 4.31. The Labute approximate surface area is 206 Å². The summed E-state index contributed by atoms with van der Waals surface area (Å²) in [6, 6.07) is 2.81. The Bertz CT molecular complexity index is 809. The van der Waals surface area contributed by atoms with Gasteiger partial charge in [-0.05, 0) is 59.2 Å². The average molecular weight is 504 g/mol. The molecule has 1 aromatic rings. The number of carboxylic acids is 1. The monoisotopic (exact) mass is 503 g/mol. The molecule has 1 aliphatic rings. The van der Waals surface area contributed by atoms with Crippen LogP contribution < -0.4 is 16.2 Å². The highest BCUT2D eigenvalue weighted by Crippen LogP contribution is 2.26. The van der Waals surface area contributed by atoms with E-state index in [1.54, 1.807) is 13.0 Å². The predicted octanol–water partition coefficient (Wildman–Crippen LogP) is 4.67. The minimum atomic E-state index is -4.41. The van der Waals surface area contributed by atoms with Crippen LogP contribution in [0.4, 0.5) is 13.2 Å². The van der Waals surface area contributed by atoms with Crippen molar-refractivity contribution in [3.8, 4) is 5.88 Å². The number of hydrogen-bond acceptors (Lipinski definition) is 7. The van der Waals surface area contributed by atoms with E-state index in [9.17, 15) is 18.0 Å². The zero-order chi connectivity index (χ0) is 27.2. The van der Waals surface area contributed by atoms with E-state index < -0.39 is 18.8 Å². The van der Waals surface area contributed by atoms with Gasteiger partial charge in [0.2, 0.25) is 5.88 Å². The van der Waals surface area contributed by atoms with Crippen LogP contribution in [0.2, 0.25) is 0 Å². The van der Waals surface area contributed by atoms with Gasteiger partial charge >= 0.3 is 12.1 Å². The number of halogens is 3. The molecular weight excluding hydrogens is 463 g/mol. The molecule has 0 aromatic carbocycles. The van der Waals surface area contributed by atoms with E-state index in [4.69, 9.17) is 16.6 Å². The second-order valence-corrected chi connectivity index (χ2v) is 9.12. The molecule has 200 valence electrons. The number of alkyl halides is 3. The van der Waals surface area contributed by atoms with E-state index in [0.29, 0.717) is 0 Å². The lowest BCUT2D eigenvalue weighted by molar-refractivity contribution is -0.154. The second kappa shape index (κ2) is 15.4. The number of allylic oxidation sites excluding steroid dienone is 1. The Morgan fingerprint density at radius 2 is 1.86 bits per heavy atom. The Kier molecular flexibility index (Phi) is 14.2. The number of aromatic nitrogens is 1. The number of ether oxygens (including phenoxy) is 1. The lowest BCUT2D eigenvalue weighted by atomic mass is 10.1. The smallest absolute Gasteiger partial charge is 0.422 e. The van der Waals surface area contributed by atoms with Crippen LogP contribution in [0, 0.1) is 0 Å². The zero-order valence-electron chi connectivity index (χ0n) is 21.5. The van der Waals surface area contributed by atoms with E-state index in [1.165, 1.54) is 37.6 Å². The van der Waals surface area contributed by atoms with Crippen LogP contribution in [-0.2, 0) is 4.79 Å². The number of aliphatic imine (C=N–C) groups is 1. The fourth-order valence-corrected chi connectivity index (χ4v) is 2.60. The van der Waals surface area contributed by atoms with Crippen molar-refractivity contribution in [3.63, 3.8) is 0 Å². The first-order valence-corrected chi connectivity index (χ1v) is 11.5. The van der Waals surface area contributed by atoms with Gasteiger partial charge in [0.25, 0.3) is 0 Å². The number of aliphatic carboxylic acids is 1. The molecule has 1 aromatic heterocycles. The van der Waals surface area contributed by atoms with Gasteiger partial charge in [-0.3, -0.25) is 4.99 Å². The highest BCUT2D eigenvalue weighted by Gasteiger charge is 2.28. The Balaban J connectivity index is 0.000000877. The molecule has 2 heterocycles. The summed E-state index contributed by atoms with van der Waals surface area (Å²) in [7, 11) is 0. The Hall–Kier alpha value is -2.66. The predicted molar refractivity (Wildman–Crippen MR) is 132 cm³/mol. The van der Waals surface area contributed by atoms with Gasteiger partial charge in [-0.1, -0.05) is 25.8 Å². The normalized spacial score (nSPS) is 14.4. The van der Waals surface area contributed by atoms with Crippen LogP contribution >= 0.6 is 0 Å². The highest BCUT2D eigenvalue weighted by atomic mass is 19.4. The fourth-order valence-electron chi connectivity index (χ4n) is 2.60. The van der Waals surface area contributed by atoms with Gasteiger partial charge in [0.15, 0.2) is 6.61 Å². The van der Waals surface area contributed by atoms with Crippen molar-refractivity contribution >= 4 is 11.7 Å². The van der Waals surface area contributed by atoms with Crippen LogP contribution in [0.15, 0.2) is 35.1 Å². The number of nitrogens with two attached hydrogens (primary N) is 2. The zero-order valence-corrected chi connectivity index (χ0v) is 21.5. The van der Waals surface area contributed by atoms with E-state index in [0.717, 1.165) is 17.8 Å². The van der Waals surface area contributed by atoms with Crippen molar-refractivity contribution in [1.82, 2.24) is 9.88 Å². The standard InChI is InChI=1S/C15H16F3N3O3.C5H13N.C4H11N/c1-9-5-12(14(22)23)20-8-21(9)10(2)11-3-4-13(19-6-11)24-7-15(16,17)18;1-2-3-4-5-6;1-4(2,3)5/h3-6,10H,7-8H2,1-2H3,(H,22,23);2-6H2,1H3;5H2,1-3H3. The van der Waals surface area contributed by atoms with Gasteiger partial charge < -0.3 is 26.2 Å². The Morgan fingerprint density at radius 3 is 2.23 bits per heavy atom. The molecule has 2 rings (SSSR count). The van der Waals surface area contributed by atoms with Gasteiger partial charge in [-0.15, -0.1) is 0 Å². The number of carboxylic acid groups (broad SMARTS) is 1. The molecule has 11 heteroatoms. The van der Waals surface area contributed by atoms with Crippen LogP contribution in [0.25, 0.3) is 0 Å². The van der Waals surface area contributed by atoms with Crippen LogP contribution in [-0.4, -0.2) is 58.2 Å². The summed E-state index contributed by atoms with van der Waals surface area (Å²) >= 11 is 0. The number of pyridine rings is 1. The summed E-state index contributed by atoms with van der Waals surface area (Å²) in [5.41, 5.74) is 12.0. The summed E-state index contributed by atoms with van der Waals surface area (Å²) in [6.07, 6.45) is 2.24. The van der Waals surface area contributed by atoms with Gasteiger partial charge in [0.1, 0.15) is 12.4 Å². The molecule has 1 atom stereocenters. The minimum absolute atomic E-state index is 0. The summed E-state index contributed by atoms with van der Waals surface area (Å²) in [6.45, 7) is 11.3. The van der Waals surface area contributed by atoms with Gasteiger partial charge in [0.05, 0.1) is 6.04 Å². The van der Waals surface area contributed by atoms with Crippen molar-refractivity contribution in [1.29, 1.82) is 0 Å². The van der Waals surface area contributed by atoms with E-state index in [2.05, 4.69) is 21.6 Å². The third-order valence-electron chi connectivity index (χ3n) is 4.31. The molecule has 0 amide bonds. The largest absolute Gasteiger partial charge is 0.477 e. The molecule has 1 aliphatic heterocycles. The lowest BCUT2D eigenvalue weighted by Gasteiger charge is -2.32. The van der Waals surface area contributed by atoms with Crippen molar-refractivity contribution in [3.05, 3.63) is 35.7 Å². The molecular formula is C24H40F3N5O3. The first-order valence-electron chi connectivity index (χ1n) is 11.5. The van der Waals surface area contributed by atoms with Crippen LogP contribution in [0.5, 0.6) is 5.88 Å². The third kappa shape index (κ3) is 15.8. The molecule has 0 bridgehead atoms. The molecule has 0 spiro atoms. The number of rotatable bonds is 8. The number of nitrogens with zero attached hydrogens (tertiary/aromatic N) is 3.